The lowest BCUT2D eigenvalue weighted by Gasteiger charge is -2.39. The molecular formula is C25H32N2O3. The lowest BCUT2D eigenvalue weighted by Crippen LogP contribution is -2.48. The second kappa shape index (κ2) is 9.63. The van der Waals surface area contributed by atoms with Gasteiger partial charge in [0.2, 0.25) is 0 Å². The molecule has 2 aliphatic heterocycles. The second-order valence-corrected chi connectivity index (χ2v) is 8.65. The van der Waals surface area contributed by atoms with Crippen LogP contribution in [0.5, 0.6) is 11.5 Å². The van der Waals surface area contributed by atoms with Crippen molar-refractivity contribution in [1.82, 2.24) is 9.80 Å². The molecule has 0 aliphatic carbocycles. The van der Waals surface area contributed by atoms with Gasteiger partial charge in [0, 0.05) is 38.3 Å². The Morgan fingerprint density at radius 2 is 1.53 bits per heavy atom. The number of nitrogens with zero attached hydrogens (tertiary/aromatic N) is 2. The smallest absolute Gasteiger partial charge is 0.253 e. The highest BCUT2D eigenvalue weighted by Crippen LogP contribution is 2.24. The van der Waals surface area contributed by atoms with E-state index in [-0.39, 0.29) is 5.91 Å². The van der Waals surface area contributed by atoms with E-state index in [2.05, 4.69) is 18.7 Å². The van der Waals surface area contributed by atoms with Crippen molar-refractivity contribution in [3.05, 3.63) is 60.2 Å². The van der Waals surface area contributed by atoms with E-state index in [1.807, 2.05) is 59.5 Å². The number of para-hydroxylation sites is 1. The zero-order chi connectivity index (χ0) is 20.9. The largest absolute Gasteiger partial charge is 0.457 e. The third-order valence-corrected chi connectivity index (χ3v) is 5.99. The fourth-order valence-electron chi connectivity index (χ4n) is 4.59. The fraction of sp³-hybridized carbons (Fsp3) is 0.480. The van der Waals surface area contributed by atoms with Crippen LogP contribution in [-0.2, 0) is 4.74 Å². The van der Waals surface area contributed by atoms with Crippen molar-refractivity contribution in [2.45, 2.75) is 38.9 Å². The highest BCUT2D eigenvalue weighted by Gasteiger charge is 2.28. The van der Waals surface area contributed by atoms with Crippen molar-refractivity contribution in [2.24, 2.45) is 5.92 Å². The van der Waals surface area contributed by atoms with Crippen molar-refractivity contribution >= 4 is 5.91 Å². The molecule has 5 nitrogen and oxygen atoms in total. The Morgan fingerprint density at radius 3 is 2.17 bits per heavy atom. The standard InChI is InChI=1S/C25H32N2O3/c1-19-16-26(17-20(2)29-19)18-21-12-14-27(15-13-21)25(28)22-8-10-24(11-9-22)30-23-6-4-3-5-7-23/h3-11,19-21H,12-18H2,1-2H3/t19-,20-/m1/s1. The van der Waals surface area contributed by atoms with Gasteiger partial charge in [-0.05, 0) is 69.0 Å². The van der Waals surface area contributed by atoms with Gasteiger partial charge in [0.15, 0.2) is 0 Å². The van der Waals surface area contributed by atoms with Crippen LogP contribution in [0, 0.1) is 5.92 Å². The molecule has 0 N–H and O–H groups in total. The van der Waals surface area contributed by atoms with Gasteiger partial charge >= 0.3 is 0 Å². The summed E-state index contributed by atoms with van der Waals surface area (Å²) < 4.78 is 11.7. The zero-order valence-corrected chi connectivity index (χ0v) is 18.0. The lowest BCUT2D eigenvalue weighted by molar-refractivity contribution is -0.0728. The summed E-state index contributed by atoms with van der Waals surface area (Å²) in [6.45, 7) is 9.12. The number of hydrogen-bond acceptors (Lipinski definition) is 4. The van der Waals surface area contributed by atoms with Crippen molar-refractivity contribution in [1.29, 1.82) is 0 Å². The van der Waals surface area contributed by atoms with Gasteiger partial charge in [0.25, 0.3) is 5.91 Å². The molecule has 2 heterocycles. The van der Waals surface area contributed by atoms with E-state index in [4.69, 9.17) is 9.47 Å². The fourth-order valence-corrected chi connectivity index (χ4v) is 4.59. The van der Waals surface area contributed by atoms with Gasteiger partial charge < -0.3 is 14.4 Å². The van der Waals surface area contributed by atoms with Gasteiger partial charge in [-0.15, -0.1) is 0 Å². The van der Waals surface area contributed by atoms with Crippen molar-refractivity contribution < 1.29 is 14.3 Å². The molecule has 0 spiro atoms. The number of ether oxygens (including phenoxy) is 2. The molecule has 0 radical (unpaired) electrons. The predicted molar refractivity (Wildman–Crippen MR) is 118 cm³/mol. The quantitative estimate of drug-likeness (QED) is 0.734. The molecule has 5 heteroatoms. The summed E-state index contributed by atoms with van der Waals surface area (Å²) in [5.41, 5.74) is 0.727. The topological polar surface area (TPSA) is 42.0 Å². The van der Waals surface area contributed by atoms with Gasteiger partial charge in [0.1, 0.15) is 11.5 Å². The number of carbonyl (C=O) groups excluding carboxylic acids is 1. The van der Waals surface area contributed by atoms with Crippen molar-refractivity contribution in [3.63, 3.8) is 0 Å². The highest BCUT2D eigenvalue weighted by molar-refractivity contribution is 5.94. The molecule has 2 aromatic rings. The summed E-state index contributed by atoms with van der Waals surface area (Å²) >= 11 is 0. The van der Waals surface area contributed by atoms with Crippen LogP contribution >= 0.6 is 0 Å². The summed E-state index contributed by atoms with van der Waals surface area (Å²) in [4.78, 5) is 17.4. The number of morpholine rings is 1. The minimum absolute atomic E-state index is 0.119. The van der Waals surface area contributed by atoms with E-state index in [1.165, 1.54) is 0 Å². The molecule has 2 aromatic carbocycles. The van der Waals surface area contributed by atoms with Gasteiger partial charge in [0.05, 0.1) is 12.2 Å². The SMILES string of the molecule is C[C@@H]1CN(CC2CCN(C(=O)c3ccc(Oc4ccccc4)cc3)CC2)C[C@@H](C)O1. The number of hydrogen-bond donors (Lipinski definition) is 0. The first-order chi connectivity index (χ1) is 14.6. The molecule has 160 valence electrons. The molecule has 30 heavy (non-hydrogen) atoms. The maximum Gasteiger partial charge on any atom is 0.253 e. The number of amides is 1. The van der Waals surface area contributed by atoms with E-state index in [1.54, 1.807) is 0 Å². The Morgan fingerprint density at radius 1 is 0.933 bits per heavy atom. The first-order valence-electron chi connectivity index (χ1n) is 11.1. The van der Waals surface area contributed by atoms with Crippen molar-refractivity contribution in [3.8, 4) is 11.5 Å². The van der Waals surface area contributed by atoms with Crippen LogP contribution in [0.4, 0.5) is 0 Å². The first-order valence-corrected chi connectivity index (χ1v) is 11.1. The minimum atomic E-state index is 0.119. The number of benzene rings is 2. The van der Waals surface area contributed by atoms with E-state index in [9.17, 15) is 4.79 Å². The molecule has 0 unspecified atom stereocenters. The summed E-state index contributed by atoms with van der Waals surface area (Å²) in [6.07, 6.45) is 2.76. The highest BCUT2D eigenvalue weighted by atomic mass is 16.5. The van der Waals surface area contributed by atoms with Crippen LogP contribution in [0.2, 0.25) is 0 Å². The third kappa shape index (κ3) is 5.41. The normalized spacial score (nSPS) is 23.3. The molecule has 0 bridgehead atoms. The molecule has 2 atom stereocenters. The third-order valence-electron chi connectivity index (χ3n) is 5.99. The van der Waals surface area contributed by atoms with Gasteiger partial charge in [-0.1, -0.05) is 18.2 Å². The average Bonchev–Trinajstić information content (AvgIpc) is 2.74. The summed E-state index contributed by atoms with van der Waals surface area (Å²) in [5.74, 6) is 2.31. The predicted octanol–water partition coefficient (Wildman–Crippen LogP) is 4.44. The summed E-state index contributed by atoms with van der Waals surface area (Å²) in [5, 5.41) is 0. The molecular weight excluding hydrogens is 376 g/mol. The molecule has 2 fully saturated rings. The van der Waals surface area contributed by atoms with Crippen LogP contribution in [0.25, 0.3) is 0 Å². The monoisotopic (exact) mass is 408 g/mol. The van der Waals surface area contributed by atoms with Crippen LogP contribution in [-0.4, -0.2) is 60.6 Å². The molecule has 2 saturated heterocycles. The van der Waals surface area contributed by atoms with Gasteiger partial charge in [-0.2, -0.15) is 0 Å². The minimum Gasteiger partial charge on any atom is -0.457 e. The van der Waals surface area contributed by atoms with Gasteiger partial charge in [-0.3, -0.25) is 9.69 Å². The molecule has 0 saturated carbocycles. The number of likely N-dealkylation sites (tertiary alicyclic amines) is 1. The summed E-state index contributed by atoms with van der Waals surface area (Å²) in [6, 6.07) is 17.1. The van der Waals surface area contributed by atoms with Gasteiger partial charge in [-0.25, -0.2) is 0 Å². The Labute approximate surface area is 179 Å². The Hall–Kier alpha value is -2.37. The average molecular weight is 409 g/mol. The Kier molecular flexibility index (Phi) is 6.70. The van der Waals surface area contributed by atoms with E-state index >= 15 is 0 Å². The van der Waals surface area contributed by atoms with E-state index in [0.29, 0.717) is 18.1 Å². The Balaban J connectivity index is 1.27. The van der Waals surface area contributed by atoms with E-state index < -0.39 is 0 Å². The van der Waals surface area contributed by atoms with Crippen LogP contribution in [0.15, 0.2) is 54.6 Å². The lowest BCUT2D eigenvalue weighted by atomic mass is 9.95. The first kappa shape index (κ1) is 20.9. The number of carbonyl (C=O) groups is 1. The molecule has 1 amide bonds. The summed E-state index contributed by atoms with van der Waals surface area (Å²) in [7, 11) is 0. The second-order valence-electron chi connectivity index (χ2n) is 8.65. The van der Waals surface area contributed by atoms with Crippen LogP contribution < -0.4 is 4.74 Å². The van der Waals surface area contributed by atoms with Crippen LogP contribution in [0.1, 0.15) is 37.0 Å². The van der Waals surface area contributed by atoms with E-state index in [0.717, 1.165) is 62.6 Å². The maximum atomic E-state index is 12.9. The Bertz CT molecular complexity index is 806. The molecule has 4 rings (SSSR count). The molecule has 2 aliphatic rings. The maximum absolute atomic E-state index is 12.9. The van der Waals surface area contributed by atoms with Crippen molar-refractivity contribution in [2.75, 3.05) is 32.7 Å². The zero-order valence-electron chi connectivity index (χ0n) is 18.0. The van der Waals surface area contributed by atoms with Crippen LogP contribution in [0.3, 0.4) is 0 Å². The molecule has 0 aromatic heterocycles. The number of piperidine rings is 1. The number of rotatable bonds is 5.